The van der Waals surface area contributed by atoms with E-state index in [1.54, 1.807) is 0 Å². The van der Waals surface area contributed by atoms with Crippen LogP contribution in [0, 0.1) is 0 Å². The second-order valence-electron chi connectivity index (χ2n) is 4.54. The minimum atomic E-state index is -5.14. The van der Waals surface area contributed by atoms with Gasteiger partial charge in [-0.2, -0.15) is 13.2 Å². The van der Waals surface area contributed by atoms with Crippen LogP contribution in [-0.2, 0) is 28.1 Å². The number of hydrogen-bond donors (Lipinski definition) is 0. The van der Waals surface area contributed by atoms with Crippen LogP contribution in [0.15, 0.2) is 4.90 Å². The van der Waals surface area contributed by atoms with Crippen molar-refractivity contribution in [2.24, 2.45) is 0 Å². The number of alkyl halides is 5. The lowest BCUT2D eigenvalue weighted by Crippen LogP contribution is -2.23. The largest absolute Gasteiger partial charge is 0.462 e. The Hall–Kier alpha value is -1.58. The number of aromatic nitrogens is 1. The molecule has 10 heteroatoms. The fourth-order valence-corrected chi connectivity index (χ4v) is 3.33. The molecule has 1 aromatic heterocycles. The Labute approximate surface area is 137 Å². The molecular weight excluding hydrogens is 357 g/mol. The van der Waals surface area contributed by atoms with E-state index in [0.29, 0.717) is 0 Å². The summed E-state index contributed by atoms with van der Waals surface area (Å²) in [7, 11) is -2.02. The molecule has 0 aliphatic carbocycles. The summed E-state index contributed by atoms with van der Waals surface area (Å²) in [4.78, 5) is 14.4. The Morgan fingerprint density at radius 2 is 1.83 bits per heavy atom. The van der Waals surface area contributed by atoms with Crippen LogP contribution in [0.2, 0.25) is 0 Å². The van der Waals surface area contributed by atoms with Gasteiger partial charge < -0.3 is 4.74 Å². The lowest BCUT2D eigenvalue weighted by atomic mass is 10.0. The summed E-state index contributed by atoms with van der Waals surface area (Å²) in [5.74, 6) is -1.44. The van der Waals surface area contributed by atoms with E-state index in [2.05, 4.69) is 9.72 Å². The Balaban J connectivity index is 3.95. The fraction of sp³-hybridized carbons (Fsp3) is 0.571. The highest BCUT2D eigenvalue weighted by atomic mass is 32.2. The summed E-state index contributed by atoms with van der Waals surface area (Å²) >= 11 is 0. The molecule has 0 radical (unpaired) electrons. The summed E-state index contributed by atoms with van der Waals surface area (Å²) < 4.78 is 82.8. The summed E-state index contributed by atoms with van der Waals surface area (Å²) in [5.41, 5.74) is -4.28. The number of hydrogen-bond acceptors (Lipinski definition) is 4. The van der Waals surface area contributed by atoms with E-state index in [1.165, 1.54) is 20.8 Å². The average molecular weight is 373 g/mol. The van der Waals surface area contributed by atoms with Crippen LogP contribution in [0.3, 0.4) is 0 Å². The van der Waals surface area contributed by atoms with Crippen molar-refractivity contribution >= 4 is 16.8 Å². The van der Waals surface area contributed by atoms with Gasteiger partial charge in [0.05, 0.1) is 27.9 Å². The van der Waals surface area contributed by atoms with E-state index in [1.807, 2.05) is 0 Å². The topological polar surface area (TPSA) is 56.3 Å². The van der Waals surface area contributed by atoms with Gasteiger partial charge in [-0.15, -0.1) is 0 Å². The second kappa shape index (κ2) is 8.00. The highest BCUT2D eigenvalue weighted by molar-refractivity contribution is 7.85. The molecule has 1 rings (SSSR count). The number of esters is 1. The number of ether oxygens (including phenoxy) is 1. The first kappa shape index (κ1) is 20.5. The highest BCUT2D eigenvalue weighted by Crippen LogP contribution is 2.38. The Morgan fingerprint density at radius 1 is 1.25 bits per heavy atom. The van der Waals surface area contributed by atoms with Gasteiger partial charge in [0.2, 0.25) is 0 Å². The van der Waals surface area contributed by atoms with Gasteiger partial charge in [-0.3, -0.25) is 4.21 Å². The SMILES string of the molecule is CCOC(=O)c1c(C(F)(F)F)nc(C(F)F)c(S(=O)CC)c1CC. The molecule has 0 fully saturated rings. The molecule has 0 spiro atoms. The zero-order chi connectivity index (χ0) is 18.7. The van der Waals surface area contributed by atoms with Crippen molar-refractivity contribution in [3.05, 3.63) is 22.5 Å². The molecule has 1 aromatic rings. The number of halogens is 5. The molecule has 1 atom stereocenters. The zero-order valence-electron chi connectivity index (χ0n) is 13.2. The Morgan fingerprint density at radius 3 is 2.21 bits per heavy atom. The molecule has 24 heavy (non-hydrogen) atoms. The number of carbonyl (C=O) groups excluding carboxylic acids is 1. The van der Waals surface area contributed by atoms with E-state index >= 15 is 0 Å². The molecule has 0 aliphatic heterocycles. The fourth-order valence-electron chi connectivity index (χ4n) is 2.15. The lowest BCUT2D eigenvalue weighted by molar-refractivity contribution is -0.142. The predicted molar refractivity (Wildman–Crippen MR) is 76.5 cm³/mol. The smallest absolute Gasteiger partial charge is 0.434 e. The average Bonchev–Trinajstić information content (AvgIpc) is 2.50. The predicted octanol–water partition coefficient (Wildman–Crippen LogP) is 3.90. The molecule has 1 unspecified atom stereocenters. The summed E-state index contributed by atoms with van der Waals surface area (Å²) in [6.07, 6.45) is -8.71. The molecule has 0 bridgehead atoms. The van der Waals surface area contributed by atoms with Gasteiger partial charge in [0.1, 0.15) is 5.69 Å². The van der Waals surface area contributed by atoms with Crippen LogP contribution >= 0.6 is 0 Å². The number of carbonyl (C=O) groups is 1. The zero-order valence-corrected chi connectivity index (χ0v) is 14.0. The van der Waals surface area contributed by atoms with Crippen molar-refractivity contribution in [2.45, 2.75) is 44.7 Å². The van der Waals surface area contributed by atoms with Crippen LogP contribution in [0.25, 0.3) is 0 Å². The van der Waals surface area contributed by atoms with E-state index < -0.39 is 51.2 Å². The maximum Gasteiger partial charge on any atom is 0.434 e. The molecule has 0 amide bonds. The van der Waals surface area contributed by atoms with Gasteiger partial charge in [0.15, 0.2) is 5.69 Å². The maximum atomic E-state index is 13.2. The van der Waals surface area contributed by atoms with E-state index in [-0.39, 0.29) is 24.3 Å². The molecule has 0 N–H and O–H groups in total. The van der Waals surface area contributed by atoms with Gasteiger partial charge in [0, 0.05) is 5.75 Å². The first-order chi connectivity index (χ1) is 11.1. The molecule has 4 nitrogen and oxygen atoms in total. The molecule has 0 aromatic carbocycles. The van der Waals surface area contributed by atoms with Gasteiger partial charge in [0.25, 0.3) is 6.43 Å². The van der Waals surface area contributed by atoms with Gasteiger partial charge >= 0.3 is 12.1 Å². The van der Waals surface area contributed by atoms with Crippen molar-refractivity contribution in [1.82, 2.24) is 4.98 Å². The van der Waals surface area contributed by atoms with Gasteiger partial charge in [-0.25, -0.2) is 18.6 Å². The quantitative estimate of drug-likeness (QED) is 0.561. The van der Waals surface area contributed by atoms with Crippen LogP contribution < -0.4 is 0 Å². The van der Waals surface area contributed by atoms with Crippen molar-refractivity contribution in [3.63, 3.8) is 0 Å². The molecule has 0 saturated carbocycles. The third-order valence-corrected chi connectivity index (χ3v) is 4.51. The molecular formula is C14H16F5NO3S. The third-order valence-electron chi connectivity index (χ3n) is 3.08. The number of nitrogens with zero attached hydrogens (tertiary/aromatic N) is 1. The summed E-state index contributed by atoms with van der Waals surface area (Å²) in [6.45, 7) is 3.99. The molecule has 1 heterocycles. The van der Waals surface area contributed by atoms with Crippen LogP contribution in [0.5, 0.6) is 0 Å². The Kier molecular flexibility index (Phi) is 6.82. The number of pyridine rings is 1. The van der Waals surface area contributed by atoms with Crippen LogP contribution in [0.4, 0.5) is 22.0 Å². The summed E-state index contributed by atoms with van der Waals surface area (Å²) in [6, 6.07) is 0. The van der Waals surface area contributed by atoms with Crippen molar-refractivity contribution < 1.29 is 35.7 Å². The minimum Gasteiger partial charge on any atom is -0.462 e. The van der Waals surface area contributed by atoms with E-state index in [0.717, 1.165) is 0 Å². The van der Waals surface area contributed by atoms with Crippen molar-refractivity contribution in [2.75, 3.05) is 12.4 Å². The third kappa shape index (κ3) is 4.08. The first-order valence-electron chi connectivity index (χ1n) is 7.07. The van der Waals surface area contributed by atoms with Gasteiger partial charge in [-0.05, 0) is 18.9 Å². The molecule has 0 aliphatic rings. The van der Waals surface area contributed by atoms with Gasteiger partial charge in [-0.1, -0.05) is 13.8 Å². The Bertz CT molecular complexity index is 646. The number of rotatable bonds is 6. The van der Waals surface area contributed by atoms with Crippen LogP contribution in [-0.4, -0.2) is 27.5 Å². The lowest BCUT2D eigenvalue weighted by Gasteiger charge is -2.20. The van der Waals surface area contributed by atoms with Crippen molar-refractivity contribution in [3.8, 4) is 0 Å². The maximum absolute atomic E-state index is 13.2. The van der Waals surface area contributed by atoms with E-state index in [4.69, 9.17) is 0 Å². The molecule has 136 valence electrons. The normalized spacial score (nSPS) is 13.2. The standard InChI is InChI=1S/C14H16F5NO3S/c1-4-7-8(13(21)23-5-2)11(14(17,18)19)20-9(12(15)16)10(7)24(22)6-3/h12H,4-6H2,1-3H3. The minimum absolute atomic E-state index is 0.109. The molecule has 0 saturated heterocycles. The second-order valence-corrected chi connectivity index (χ2v) is 6.21. The first-order valence-corrected chi connectivity index (χ1v) is 8.39. The summed E-state index contributed by atoms with van der Waals surface area (Å²) in [5, 5.41) is 0. The van der Waals surface area contributed by atoms with Crippen molar-refractivity contribution in [1.29, 1.82) is 0 Å². The van der Waals surface area contributed by atoms with Crippen LogP contribution in [0.1, 0.15) is 54.5 Å². The van der Waals surface area contributed by atoms with E-state index in [9.17, 15) is 31.0 Å². The monoisotopic (exact) mass is 373 g/mol. The highest BCUT2D eigenvalue weighted by Gasteiger charge is 2.42.